The van der Waals surface area contributed by atoms with Gasteiger partial charge in [0.1, 0.15) is 0 Å². The van der Waals surface area contributed by atoms with Gasteiger partial charge in [-0.25, -0.2) is 13.4 Å². The van der Waals surface area contributed by atoms with Crippen LogP contribution in [0.1, 0.15) is 37.0 Å². The van der Waals surface area contributed by atoms with E-state index in [0.717, 1.165) is 36.6 Å². The van der Waals surface area contributed by atoms with Gasteiger partial charge < -0.3 is 9.80 Å². The Morgan fingerprint density at radius 2 is 1.69 bits per heavy atom. The fourth-order valence-electron chi connectivity index (χ4n) is 4.26. The number of sulfonamides is 1. The van der Waals surface area contributed by atoms with Crippen molar-refractivity contribution in [3.05, 3.63) is 48.0 Å². The molecule has 0 saturated carbocycles. The predicted molar refractivity (Wildman–Crippen MR) is 145 cm³/mol. The molecule has 2 heterocycles. The number of carbonyl (C=O) groups is 1. The number of thiazole rings is 1. The Balaban J connectivity index is 1.41. The van der Waals surface area contributed by atoms with Crippen molar-refractivity contribution in [2.24, 2.45) is 0 Å². The molecule has 35 heavy (non-hydrogen) atoms. The van der Waals surface area contributed by atoms with Crippen LogP contribution in [0.3, 0.4) is 0 Å². The highest BCUT2D eigenvalue weighted by molar-refractivity contribution is 7.98. The third-order valence-corrected chi connectivity index (χ3v) is 9.88. The zero-order valence-electron chi connectivity index (χ0n) is 20.4. The molecule has 188 valence electrons. The molecule has 10 heteroatoms. The molecule has 1 saturated heterocycles. The number of aromatic nitrogens is 1. The maximum Gasteiger partial charge on any atom is 0.253 e. The number of benzene rings is 2. The van der Waals surface area contributed by atoms with E-state index in [-0.39, 0.29) is 10.8 Å². The number of hydrogen-bond acceptors (Lipinski definition) is 7. The Hall–Kier alpha value is -2.14. The van der Waals surface area contributed by atoms with E-state index in [0.29, 0.717) is 31.7 Å². The Labute approximate surface area is 216 Å². The van der Waals surface area contributed by atoms with Crippen molar-refractivity contribution in [2.75, 3.05) is 50.4 Å². The zero-order chi connectivity index (χ0) is 25.0. The Bertz CT molecular complexity index is 1260. The molecule has 1 aromatic heterocycles. The molecule has 3 aromatic rings. The summed E-state index contributed by atoms with van der Waals surface area (Å²) in [5.41, 5.74) is 1.56. The molecule has 0 aliphatic carbocycles. The van der Waals surface area contributed by atoms with Crippen LogP contribution in [0.15, 0.2) is 52.3 Å². The van der Waals surface area contributed by atoms with Gasteiger partial charge in [-0.2, -0.15) is 4.31 Å². The number of thioether (sulfide) groups is 1. The quantitative estimate of drug-likeness (QED) is 0.369. The minimum Gasteiger partial charge on any atom is -0.345 e. The van der Waals surface area contributed by atoms with E-state index < -0.39 is 10.0 Å². The third-order valence-electron chi connectivity index (χ3n) is 6.11. The van der Waals surface area contributed by atoms with Crippen molar-refractivity contribution < 1.29 is 13.2 Å². The molecule has 0 N–H and O–H groups in total. The van der Waals surface area contributed by atoms with E-state index in [1.54, 1.807) is 47.4 Å². The second-order valence-electron chi connectivity index (χ2n) is 8.51. The Kier molecular flexibility index (Phi) is 8.36. The summed E-state index contributed by atoms with van der Waals surface area (Å²) in [5.74, 6) is -0.0680. The fourth-order valence-corrected chi connectivity index (χ4v) is 7.56. The number of nitrogens with zero attached hydrogens (tertiary/aromatic N) is 4. The SMILES string of the molecule is CCCN(CCC)S(=O)(=O)c1ccc(C(=O)N2CCN(c3nc4c(SC)cccc4s3)CC2)cc1. The summed E-state index contributed by atoms with van der Waals surface area (Å²) < 4.78 is 28.7. The van der Waals surface area contributed by atoms with Gasteiger partial charge in [0.25, 0.3) is 5.91 Å². The van der Waals surface area contributed by atoms with Crippen molar-refractivity contribution in [3.63, 3.8) is 0 Å². The first-order valence-electron chi connectivity index (χ1n) is 12.0. The lowest BCUT2D eigenvalue weighted by Crippen LogP contribution is -2.48. The van der Waals surface area contributed by atoms with Crippen LogP contribution in [0.2, 0.25) is 0 Å². The lowest BCUT2D eigenvalue weighted by molar-refractivity contribution is 0.0746. The van der Waals surface area contributed by atoms with E-state index in [9.17, 15) is 13.2 Å². The Morgan fingerprint density at radius 3 is 2.29 bits per heavy atom. The lowest BCUT2D eigenvalue weighted by Gasteiger charge is -2.34. The summed E-state index contributed by atoms with van der Waals surface area (Å²) >= 11 is 3.39. The van der Waals surface area contributed by atoms with E-state index in [4.69, 9.17) is 4.98 Å². The normalized spacial score (nSPS) is 14.7. The van der Waals surface area contributed by atoms with Crippen molar-refractivity contribution >= 4 is 54.4 Å². The average Bonchev–Trinajstić information content (AvgIpc) is 3.33. The third kappa shape index (κ3) is 5.50. The van der Waals surface area contributed by atoms with Crippen LogP contribution in [0.25, 0.3) is 10.2 Å². The number of anilines is 1. The van der Waals surface area contributed by atoms with Crippen molar-refractivity contribution in [3.8, 4) is 0 Å². The smallest absolute Gasteiger partial charge is 0.253 e. The first kappa shape index (κ1) is 25.9. The topological polar surface area (TPSA) is 73.8 Å². The first-order chi connectivity index (χ1) is 16.9. The minimum absolute atomic E-state index is 0.0680. The van der Waals surface area contributed by atoms with Crippen LogP contribution < -0.4 is 4.90 Å². The molecule has 1 fully saturated rings. The summed E-state index contributed by atoms with van der Waals surface area (Å²) in [6.45, 7) is 7.57. The molecule has 0 atom stereocenters. The second-order valence-corrected chi connectivity index (χ2v) is 12.3. The number of amides is 1. The maximum atomic E-state index is 13.1. The van der Waals surface area contributed by atoms with Crippen LogP contribution >= 0.6 is 23.1 Å². The van der Waals surface area contributed by atoms with Crippen LogP contribution in [0.4, 0.5) is 5.13 Å². The van der Waals surface area contributed by atoms with Gasteiger partial charge in [-0.05, 0) is 55.5 Å². The number of fused-ring (bicyclic) bond motifs is 1. The van der Waals surface area contributed by atoms with Gasteiger partial charge in [0.2, 0.25) is 10.0 Å². The summed E-state index contributed by atoms with van der Waals surface area (Å²) in [5, 5.41) is 0.992. The largest absolute Gasteiger partial charge is 0.345 e. The van der Waals surface area contributed by atoms with E-state index >= 15 is 0 Å². The van der Waals surface area contributed by atoms with Crippen molar-refractivity contribution in [1.82, 2.24) is 14.2 Å². The lowest BCUT2D eigenvalue weighted by atomic mass is 10.2. The molecule has 0 bridgehead atoms. The predicted octanol–water partition coefficient (Wildman–Crippen LogP) is 4.79. The first-order valence-corrected chi connectivity index (χ1v) is 15.4. The van der Waals surface area contributed by atoms with Crippen LogP contribution in [0.5, 0.6) is 0 Å². The maximum absolute atomic E-state index is 13.1. The molecule has 2 aromatic carbocycles. The Morgan fingerprint density at radius 1 is 1.03 bits per heavy atom. The highest BCUT2D eigenvalue weighted by atomic mass is 32.2. The highest BCUT2D eigenvalue weighted by Gasteiger charge is 2.26. The second kappa shape index (κ2) is 11.3. The zero-order valence-corrected chi connectivity index (χ0v) is 22.9. The highest BCUT2D eigenvalue weighted by Crippen LogP contribution is 2.34. The molecular formula is C25H32N4O3S3. The van der Waals surface area contributed by atoms with Gasteiger partial charge in [0, 0.05) is 49.7 Å². The van der Waals surface area contributed by atoms with E-state index in [2.05, 4.69) is 29.4 Å². The number of carbonyl (C=O) groups excluding carboxylic acids is 1. The summed E-state index contributed by atoms with van der Waals surface area (Å²) in [7, 11) is -3.55. The van der Waals surface area contributed by atoms with Crippen LogP contribution in [-0.4, -0.2) is 74.0 Å². The number of piperazine rings is 1. The molecule has 7 nitrogen and oxygen atoms in total. The van der Waals surface area contributed by atoms with E-state index in [1.165, 1.54) is 13.9 Å². The molecule has 1 amide bonds. The van der Waals surface area contributed by atoms with Gasteiger partial charge in [-0.15, -0.1) is 11.8 Å². The minimum atomic E-state index is -3.55. The van der Waals surface area contributed by atoms with Crippen LogP contribution in [-0.2, 0) is 10.0 Å². The standard InChI is InChI=1S/C25H32N4O3S3/c1-4-13-29(14-5-2)35(31,32)20-11-9-19(10-12-20)24(30)27-15-17-28(18-16-27)25-26-23-21(33-3)7-6-8-22(23)34-25/h6-12H,4-5,13-18H2,1-3H3. The van der Waals surface area contributed by atoms with Gasteiger partial charge >= 0.3 is 0 Å². The van der Waals surface area contributed by atoms with Crippen molar-refractivity contribution in [1.29, 1.82) is 0 Å². The molecule has 0 radical (unpaired) electrons. The summed E-state index contributed by atoms with van der Waals surface area (Å²) in [6, 6.07) is 12.6. The molecular weight excluding hydrogens is 501 g/mol. The van der Waals surface area contributed by atoms with Gasteiger partial charge in [-0.3, -0.25) is 4.79 Å². The molecule has 1 aliphatic heterocycles. The monoisotopic (exact) mass is 532 g/mol. The summed E-state index contributed by atoms with van der Waals surface area (Å²) in [4.78, 5) is 23.5. The molecule has 4 rings (SSSR count). The molecule has 1 aliphatic rings. The van der Waals surface area contributed by atoms with Gasteiger partial charge in [0.15, 0.2) is 5.13 Å². The summed E-state index contributed by atoms with van der Waals surface area (Å²) in [6.07, 6.45) is 3.58. The number of hydrogen-bond donors (Lipinski definition) is 0. The van der Waals surface area contributed by atoms with E-state index in [1.807, 2.05) is 18.7 Å². The van der Waals surface area contributed by atoms with Crippen molar-refractivity contribution in [2.45, 2.75) is 36.5 Å². The molecule has 0 spiro atoms. The van der Waals surface area contributed by atoms with Gasteiger partial charge in [0.05, 0.1) is 15.1 Å². The molecule has 0 unspecified atom stereocenters. The number of para-hydroxylation sites is 1. The average molecular weight is 533 g/mol. The van der Waals surface area contributed by atoms with Crippen LogP contribution in [0, 0.1) is 0 Å². The number of rotatable bonds is 9. The fraction of sp³-hybridized carbons (Fsp3) is 0.440. The van der Waals surface area contributed by atoms with Gasteiger partial charge in [-0.1, -0.05) is 31.3 Å².